The number of rotatable bonds is 4. The van der Waals surface area contributed by atoms with Crippen molar-refractivity contribution in [2.75, 3.05) is 13.2 Å². The standard InChI is InChI=1S/C8H13N3O2/c9-1-2-11-8(12)5-13-7-3-6(10)4-7/h6-7H,2-5,10H2,(H,11,12). The van der Waals surface area contributed by atoms with Crippen LogP contribution >= 0.6 is 0 Å². The lowest BCUT2D eigenvalue weighted by Gasteiger charge is -2.31. The fourth-order valence-corrected chi connectivity index (χ4v) is 1.13. The van der Waals surface area contributed by atoms with E-state index in [2.05, 4.69) is 5.32 Å². The first-order valence-electron chi connectivity index (χ1n) is 4.23. The second-order valence-corrected chi connectivity index (χ2v) is 3.10. The van der Waals surface area contributed by atoms with Crippen LogP contribution in [0.5, 0.6) is 0 Å². The van der Waals surface area contributed by atoms with Gasteiger partial charge in [-0.1, -0.05) is 0 Å². The van der Waals surface area contributed by atoms with Crippen LogP contribution in [0.25, 0.3) is 0 Å². The van der Waals surface area contributed by atoms with Gasteiger partial charge in [-0.05, 0) is 12.8 Å². The molecule has 1 saturated carbocycles. The normalized spacial score (nSPS) is 25.8. The molecule has 1 fully saturated rings. The summed E-state index contributed by atoms with van der Waals surface area (Å²) in [7, 11) is 0. The van der Waals surface area contributed by atoms with E-state index in [9.17, 15) is 4.79 Å². The van der Waals surface area contributed by atoms with Crippen molar-refractivity contribution < 1.29 is 9.53 Å². The predicted octanol–water partition coefficient (Wildman–Crippen LogP) is -0.868. The fraction of sp³-hybridized carbons (Fsp3) is 0.750. The molecule has 1 aliphatic rings. The highest BCUT2D eigenvalue weighted by molar-refractivity contribution is 5.77. The van der Waals surface area contributed by atoms with Crippen LogP contribution in [0, 0.1) is 11.3 Å². The third-order valence-electron chi connectivity index (χ3n) is 1.95. The number of carbonyl (C=O) groups is 1. The first-order valence-corrected chi connectivity index (χ1v) is 4.23. The number of nitrogens with zero attached hydrogens (tertiary/aromatic N) is 1. The van der Waals surface area contributed by atoms with Crippen LogP contribution in [0.15, 0.2) is 0 Å². The molecular weight excluding hydrogens is 170 g/mol. The van der Waals surface area contributed by atoms with Gasteiger partial charge in [0.05, 0.1) is 12.2 Å². The second kappa shape index (κ2) is 4.80. The Morgan fingerprint density at radius 2 is 2.38 bits per heavy atom. The highest BCUT2D eigenvalue weighted by atomic mass is 16.5. The van der Waals surface area contributed by atoms with E-state index in [1.165, 1.54) is 0 Å². The Hall–Kier alpha value is -1.12. The van der Waals surface area contributed by atoms with Crippen LogP contribution in [0.3, 0.4) is 0 Å². The molecule has 0 unspecified atom stereocenters. The molecule has 0 aromatic heterocycles. The number of amides is 1. The summed E-state index contributed by atoms with van der Waals surface area (Å²) in [5.74, 6) is -0.248. The van der Waals surface area contributed by atoms with Crippen LogP contribution in [0.1, 0.15) is 12.8 Å². The van der Waals surface area contributed by atoms with Crippen molar-refractivity contribution in [2.45, 2.75) is 25.0 Å². The van der Waals surface area contributed by atoms with Gasteiger partial charge in [-0.2, -0.15) is 5.26 Å². The van der Waals surface area contributed by atoms with E-state index in [1.807, 2.05) is 6.07 Å². The van der Waals surface area contributed by atoms with Crippen LogP contribution in [-0.2, 0) is 9.53 Å². The molecule has 0 aromatic carbocycles. The Morgan fingerprint density at radius 1 is 1.69 bits per heavy atom. The molecule has 13 heavy (non-hydrogen) atoms. The third kappa shape index (κ3) is 3.40. The van der Waals surface area contributed by atoms with E-state index < -0.39 is 0 Å². The van der Waals surface area contributed by atoms with E-state index >= 15 is 0 Å². The maximum absolute atomic E-state index is 10.9. The van der Waals surface area contributed by atoms with Crippen molar-refractivity contribution >= 4 is 5.91 Å². The van der Waals surface area contributed by atoms with Crippen molar-refractivity contribution in [3.63, 3.8) is 0 Å². The average molecular weight is 183 g/mol. The maximum Gasteiger partial charge on any atom is 0.246 e. The highest BCUT2D eigenvalue weighted by Gasteiger charge is 2.26. The fourth-order valence-electron chi connectivity index (χ4n) is 1.13. The van der Waals surface area contributed by atoms with Crippen LogP contribution in [-0.4, -0.2) is 31.2 Å². The molecule has 5 heteroatoms. The molecule has 1 rings (SSSR count). The monoisotopic (exact) mass is 183 g/mol. The Balaban J connectivity index is 2.00. The summed E-state index contributed by atoms with van der Waals surface area (Å²) in [4.78, 5) is 10.9. The largest absolute Gasteiger partial charge is 0.368 e. The van der Waals surface area contributed by atoms with Gasteiger partial charge in [-0.3, -0.25) is 4.79 Å². The Labute approximate surface area is 76.8 Å². The van der Waals surface area contributed by atoms with Crippen molar-refractivity contribution in [3.05, 3.63) is 0 Å². The summed E-state index contributed by atoms with van der Waals surface area (Å²) < 4.78 is 5.21. The minimum atomic E-state index is -0.248. The molecule has 1 aliphatic carbocycles. The summed E-state index contributed by atoms with van der Waals surface area (Å²) in [6.07, 6.45) is 1.78. The maximum atomic E-state index is 10.9. The molecule has 0 bridgehead atoms. The Bertz CT molecular complexity index is 218. The van der Waals surface area contributed by atoms with Gasteiger partial charge in [0.25, 0.3) is 0 Å². The number of nitrogens with one attached hydrogen (secondary N) is 1. The smallest absolute Gasteiger partial charge is 0.246 e. The number of ether oxygens (including phenoxy) is 1. The summed E-state index contributed by atoms with van der Waals surface area (Å²) in [6, 6.07) is 2.04. The quantitative estimate of drug-likeness (QED) is 0.555. The number of hydrogen-bond acceptors (Lipinski definition) is 4. The molecule has 0 heterocycles. The molecule has 5 nitrogen and oxygen atoms in total. The summed E-state index contributed by atoms with van der Waals surface area (Å²) in [5, 5.41) is 10.6. The number of nitrogens with two attached hydrogens (primary N) is 1. The molecule has 3 N–H and O–H groups in total. The van der Waals surface area contributed by atoms with Gasteiger partial charge in [0.15, 0.2) is 0 Å². The minimum Gasteiger partial charge on any atom is -0.368 e. The molecule has 0 aliphatic heterocycles. The van der Waals surface area contributed by atoms with E-state index in [4.69, 9.17) is 15.7 Å². The lowest BCUT2D eigenvalue weighted by atomic mass is 9.90. The van der Waals surface area contributed by atoms with Crippen LogP contribution in [0.4, 0.5) is 0 Å². The number of nitriles is 1. The zero-order valence-electron chi connectivity index (χ0n) is 7.32. The van der Waals surface area contributed by atoms with Crippen LogP contribution < -0.4 is 11.1 Å². The molecule has 0 spiro atoms. The van der Waals surface area contributed by atoms with Gasteiger partial charge in [0.1, 0.15) is 13.2 Å². The van der Waals surface area contributed by atoms with Crippen LogP contribution in [0.2, 0.25) is 0 Å². The SMILES string of the molecule is N#CCNC(=O)COC1CC(N)C1. The van der Waals surface area contributed by atoms with E-state index in [0.717, 1.165) is 12.8 Å². The summed E-state index contributed by atoms with van der Waals surface area (Å²) in [5.41, 5.74) is 5.53. The van der Waals surface area contributed by atoms with Gasteiger partial charge in [-0.15, -0.1) is 0 Å². The van der Waals surface area contributed by atoms with E-state index in [0.29, 0.717) is 0 Å². The third-order valence-corrected chi connectivity index (χ3v) is 1.95. The number of hydrogen-bond donors (Lipinski definition) is 2. The summed E-state index contributed by atoms with van der Waals surface area (Å²) >= 11 is 0. The lowest BCUT2D eigenvalue weighted by molar-refractivity contribution is -0.129. The molecular formula is C8H13N3O2. The van der Waals surface area contributed by atoms with E-state index in [-0.39, 0.29) is 31.2 Å². The van der Waals surface area contributed by atoms with Gasteiger partial charge < -0.3 is 15.8 Å². The lowest BCUT2D eigenvalue weighted by Crippen LogP contribution is -2.43. The number of carbonyl (C=O) groups excluding carboxylic acids is 1. The molecule has 0 aromatic rings. The first-order chi connectivity index (χ1) is 6.22. The molecule has 1 amide bonds. The molecule has 0 atom stereocenters. The van der Waals surface area contributed by atoms with Gasteiger partial charge in [0, 0.05) is 6.04 Å². The highest BCUT2D eigenvalue weighted by Crippen LogP contribution is 2.20. The Kier molecular flexibility index (Phi) is 3.68. The summed E-state index contributed by atoms with van der Waals surface area (Å²) in [6.45, 7) is 0.0610. The second-order valence-electron chi connectivity index (χ2n) is 3.10. The first kappa shape index (κ1) is 9.96. The van der Waals surface area contributed by atoms with Crippen molar-refractivity contribution in [1.29, 1.82) is 5.26 Å². The average Bonchev–Trinajstić information content (AvgIpc) is 2.07. The molecule has 0 saturated heterocycles. The van der Waals surface area contributed by atoms with Crippen molar-refractivity contribution in [2.24, 2.45) is 5.73 Å². The van der Waals surface area contributed by atoms with E-state index in [1.54, 1.807) is 0 Å². The zero-order chi connectivity index (χ0) is 9.68. The van der Waals surface area contributed by atoms with Gasteiger partial charge >= 0.3 is 0 Å². The van der Waals surface area contributed by atoms with Crippen molar-refractivity contribution in [3.8, 4) is 6.07 Å². The topological polar surface area (TPSA) is 88.1 Å². The predicted molar refractivity (Wildman–Crippen MR) is 45.6 cm³/mol. The van der Waals surface area contributed by atoms with Crippen molar-refractivity contribution in [1.82, 2.24) is 5.32 Å². The van der Waals surface area contributed by atoms with Gasteiger partial charge in [-0.25, -0.2) is 0 Å². The Morgan fingerprint density at radius 3 is 2.92 bits per heavy atom. The molecule has 0 radical (unpaired) electrons. The minimum absolute atomic E-state index is 0.0269. The zero-order valence-corrected chi connectivity index (χ0v) is 7.32. The van der Waals surface area contributed by atoms with Gasteiger partial charge in [0.2, 0.25) is 5.91 Å². The molecule has 72 valence electrons.